The minimum Gasteiger partial charge on any atom is -0.352 e. The van der Waals surface area contributed by atoms with Gasteiger partial charge >= 0.3 is 0 Å². The summed E-state index contributed by atoms with van der Waals surface area (Å²) in [5.41, 5.74) is 4.34. The molecule has 4 heteroatoms. The molecule has 30 heavy (non-hydrogen) atoms. The van der Waals surface area contributed by atoms with E-state index in [1.54, 1.807) is 4.90 Å². The number of nitrogens with zero attached hydrogens (tertiary/aromatic N) is 1. The van der Waals surface area contributed by atoms with Gasteiger partial charge < -0.3 is 10.2 Å². The van der Waals surface area contributed by atoms with E-state index in [0.29, 0.717) is 13.0 Å². The zero-order valence-electron chi connectivity index (χ0n) is 18.5. The van der Waals surface area contributed by atoms with Crippen molar-refractivity contribution < 1.29 is 9.59 Å². The van der Waals surface area contributed by atoms with Crippen LogP contribution in [0, 0.1) is 13.8 Å². The predicted molar refractivity (Wildman–Crippen MR) is 121 cm³/mol. The highest BCUT2D eigenvalue weighted by molar-refractivity contribution is 5.88. The van der Waals surface area contributed by atoms with Gasteiger partial charge in [0.05, 0.1) is 6.42 Å². The molecule has 2 aromatic carbocycles. The highest BCUT2D eigenvalue weighted by Gasteiger charge is 2.28. The minimum absolute atomic E-state index is 0.0216. The van der Waals surface area contributed by atoms with Crippen LogP contribution in [0.5, 0.6) is 0 Å². The van der Waals surface area contributed by atoms with Gasteiger partial charge in [-0.3, -0.25) is 9.59 Å². The first-order valence-electron chi connectivity index (χ1n) is 11.1. The van der Waals surface area contributed by atoms with Crippen LogP contribution in [0.2, 0.25) is 0 Å². The summed E-state index contributed by atoms with van der Waals surface area (Å²) in [5, 5.41) is 3.19. The van der Waals surface area contributed by atoms with Gasteiger partial charge in [-0.25, -0.2) is 0 Å². The first-order chi connectivity index (χ1) is 14.4. The van der Waals surface area contributed by atoms with Crippen molar-refractivity contribution in [1.82, 2.24) is 10.2 Å². The van der Waals surface area contributed by atoms with Crippen LogP contribution in [0.15, 0.2) is 48.5 Å². The van der Waals surface area contributed by atoms with E-state index in [1.165, 1.54) is 24.8 Å². The lowest BCUT2D eigenvalue weighted by Gasteiger charge is -2.31. The Morgan fingerprint density at radius 1 is 0.967 bits per heavy atom. The molecule has 2 amide bonds. The molecule has 0 aromatic heterocycles. The summed E-state index contributed by atoms with van der Waals surface area (Å²) in [6.45, 7) is 6.36. The molecule has 1 unspecified atom stereocenters. The second kappa shape index (κ2) is 10.4. The zero-order chi connectivity index (χ0) is 21.5. The van der Waals surface area contributed by atoms with Gasteiger partial charge in [-0.05, 0) is 44.7 Å². The summed E-state index contributed by atoms with van der Waals surface area (Å²) in [6.07, 6.45) is 5.95. The Kier molecular flexibility index (Phi) is 7.67. The molecular formula is C26H34N2O2. The van der Waals surface area contributed by atoms with Crippen LogP contribution in [0.4, 0.5) is 0 Å². The molecule has 0 spiro atoms. The van der Waals surface area contributed by atoms with Crippen molar-refractivity contribution in [2.24, 2.45) is 0 Å². The summed E-state index contributed by atoms with van der Waals surface area (Å²) >= 11 is 0. The Morgan fingerprint density at radius 3 is 2.33 bits per heavy atom. The van der Waals surface area contributed by atoms with Crippen LogP contribution in [-0.2, 0) is 22.6 Å². The molecular weight excluding hydrogens is 372 g/mol. The molecule has 0 saturated heterocycles. The van der Waals surface area contributed by atoms with Gasteiger partial charge in [0.25, 0.3) is 0 Å². The van der Waals surface area contributed by atoms with Crippen molar-refractivity contribution in [3.05, 3.63) is 70.8 Å². The van der Waals surface area contributed by atoms with Gasteiger partial charge in [-0.15, -0.1) is 0 Å². The average molecular weight is 407 g/mol. The molecule has 2 aromatic rings. The molecule has 0 aliphatic heterocycles. The number of hydrogen-bond donors (Lipinski definition) is 1. The van der Waals surface area contributed by atoms with E-state index < -0.39 is 6.04 Å². The van der Waals surface area contributed by atoms with Gasteiger partial charge in [0.1, 0.15) is 6.04 Å². The third kappa shape index (κ3) is 6.19. The van der Waals surface area contributed by atoms with E-state index >= 15 is 0 Å². The Morgan fingerprint density at radius 2 is 1.67 bits per heavy atom. The van der Waals surface area contributed by atoms with Crippen LogP contribution >= 0.6 is 0 Å². The monoisotopic (exact) mass is 406 g/mol. The first-order valence-corrected chi connectivity index (χ1v) is 11.1. The Labute approximate surface area is 180 Å². The number of aryl methyl sites for hydroxylation is 2. The quantitative estimate of drug-likeness (QED) is 0.724. The number of rotatable bonds is 7. The van der Waals surface area contributed by atoms with E-state index in [4.69, 9.17) is 0 Å². The summed E-state index contributed by atoms with van der Waals surface area (Å²) in [5.74, 6) is -0.0709. The Bertz CT molecular complexity index is 854. The number of nitrogens with one attached hydrogen (secondary N) is 1. The normalized spacial score (nSPS) is 15.4. The van der Waals surface area contributed by atoms with E-state index in [-0.39, 0.29) is 17.9 Å². The lowest BCUT2D eigenvalue weighted by atomic mass is 9.95. The van der Waals surface area contributed by atoms with E-state index in [1.807, 2.05) is 63.2 Å². The van der Waals surface area contributed by atoms with Crippen LogP contribution < -0.4 is 5.32 Å². The molecule has 1 atom stereocenters. The second-order valence-corrected chi connectivity index (χ2v) is 8.69. The zero-order valence-corrected chi connectivity index (χ0v) is 18.5. The first kappa shape index (κ1) is 22.1. The van der Waals surface area contributed by atoms with E-state index in [0.717, 1.165) is 29.5 Å². The molecule has 1 aliphatic carbocycles. The fourth-order valence-corrected chi connectivity index (χ4v) is 4.14. The van der Waals surface area contributed by atoms with E-state index in [9.17, 15) is 9.59 Å². The van der Waals surface area contributed by atoms with Crippen LogP contribution in [0.3, 0.4) is 0 Å². The highest BCUT2D eigenvalue weighted by Crippen LogP contribution is 2.19. The maximum absolute atomic E-state index is 13.3. The van der Waals surface area contributed by atoms with Crippen molar-refractivity contribution in [3.63, 3.8) is 0 Å². The van der Waals surface area contributed by atoms with Crippen molar-refractivity contribution in [3.8, 4) is 0 Å². The van der Waals surface area contributed by atoms with Gasteiger partial charge in [0.2, 0.25) is 11.8 Å². The largest absolute Gasteiger partial charge is 0.352 e. The third-order valence-electron chi connectivity index (χ3n) is 6.03. The van der Waals surface area contributed by atoms with Gasteiger partial charge in [-0.1, -0.05) is 78.9 Å². The molecule has 0 bridgehead atoms. The van der Waals surface area contributed by atoms with Gasteiger partial charge in [-0.2, -0.15) is 0 Å². The molecule has 0 radical (unpaired) electrons. The standard InChI is InChI=1S/C26H34N2O2/c1-19-12-14-22(15-13-19)17-25(29)28(18-23-9-7-8-20(2)16-23)21(3)26(30)27-24-10-5-4-6-11-24/h7-9,12-16,21,24H,4-6,10-11,17-18H2,1-3H3,(H,27,30). The number of benzene rings is 2. The van der Waals surface area contributed by atoms with Crippen LogP contribution in [0.25, 0.3) is 0 Å². The summed E-state index contributed by atoms with van der Waals surface area (Å²) < 4.78 is 0. The molecule has 0 heterocycles. The molecule has 1 N–H and O–H groups in total. The number of amides is 2. The van der Waals surface area contributed by atoms with Crippen LogP contribution in [-0.4, -0.2) is 28.8 Å². The maximum atomic E-state index is 13.3. The SMILES string of the molecule is Cc1ccc(CC(=O)N(Cc2cccc(C)c2)C(C)C(=O)NC2CCCCC2)cc1. The van der Waals surface area contributed by atoms with E-state index in [2.05, 4.69) is 11.4 Å². The fourth-order valence-electron chi connectivity index (χ4n) is 4.14. The molecule has 3 rings (SSSR count). The molecule has 1 aliphatic rings. The smallest absolute Gasteiger partial charge is 0.242 e. The predicted octanol–water partition coefficient (Wildman–Crippen LogP) is 4.71. The molecule has 160 valence electrons. The topological polar surface area (TPSA) is 49.4 Å². The average Bonchev–Trinajstić information content (AvgIpc) is 2.74. The highest BCUT2D eigenvalue weighted by atomic mass is 16.2. The van der Waals surface area contributed by atoms with Gasteiger partial charge in [0, 0.05) is 12.6 Å². The number of carbonyl (C=O) groups is 2. The summed E-state index contributed by atoms with van der Waals surface area (Å²) in [6, 6.07) is 15.9. The molecule has 4 nitrogen and oxygen atoms in total. The van der Waals surface area contributed by atoms with Crippen molar-refractivity contribution in [2.45, 2.75) is 77.9 Å². The molecule has 1 fully saturated rings. The van der Waals surface area contributed by atoms with Crippen molar-refractivity contribution >= 4 is 11.8 Å². The third-order valence-corrected chi connectivity index (χ3v) is 6.03. The second-order valence-electron chi connectivity index (χ2n) is 8.69. The lowest BCUT2D eigenvalue weighted by molar-refractivity contribution is -0.140. The summed E-state index contributed by atoms with van der Waals surface area (Å²) in [7, 11) is 0. The fraction of sp³-hybridized carbons (Fsp3) is 0.462. The van der Waals surface area contributed by atoms with Crippen LogP contribution in [0.1, 0.15) is 61.3 Å². The number of hydrogen-bond acceptors (Lipinski definition) is 2. The minimum atomic E-state index is -0.509. The van der Waals surface area contributed by atoms with Crippen molar-refractivity contribution in [2.75, 3.05) is 0 Å². The Balaban J connectivity index is 1.75. The molecule has 1 saturated carbocycles. The lowest BCUT2D eigenvalue weighted by Crippen LogP contribution is -2.50. The Hall–Kier alpha value is -2.62. The van der Waals surface area contributed by atoms with Gasteiger partial charge in [0.15, 0.2) is 0 Å². The van der Waals surface area contributed by atoms with Crippen molar-refractivity contribution in [1.29, 1.82) is 0 Å². The maximum Gasteiger partial charge on any atom is 0.242 e. The summed E-state index contributed by atoms with van der Waals surface area (Å²) in [4.78, 5) is 28.0. The number of carbonyl (C=O) groups excluding carboxylic acids is 2.